The van der Waals surface area contributed by atoms with Crippen molar-refractivity contribution in [2.45, 2.75) is 32.3 Å². The van der Waals surface area contributed by atoms with Crippen molar-refractivity contribution in [1.29, 1.82) is 0 Å². The van der Waals surface area contributed by atoms with E-state index in [9.17, 15) is 9.59 Å². The van der Waals surface area contributed by atoms with E-state index in [1.54, 1.807) is 36.4 Å². The Balaban J connectivity index is 1.46. The van der Waals surface area contributed by atoms with Gasteiger partial charge in [-0.05, 0) is 62.2 Å². The molecule has 4 rings (SSSR count). The van der Waals surface area contributed by atoms with Crippen LogP contribution in [0.4, 0.5) is 5.69 Å². The molecular weight excluding hydrogens is 400 g/mol. The van der Waals surface area contributed by atoms with Crippen molar-refractivity contribution in [3.05, 3.63) is 95.6 Å². The smallest absolute Gasteiger partial charge is 0.255 e. The van der Waals surface area contributed by atoms with E-state index in [1.807, 2.05) is 49.1 Å². The second kappa shape index (κ2) is 9.69. The molecule has 1 aliphatic heterocycles. The third-order valence-corrected chi connectivity index (χ3v) is 5.64. The summed E-state index contributed by atoms with van der Waals surface area (Å²) < 4.78 is 5.63. The topological polar surface area (TPSA) is 58.6 Å². The summed E-state index contributed by atoms with van der Waals surface area (Å²) in [6.45, 7) is 5.30. The summed E-state index contributed by atoms with van der Waals surface area (Å²) in [4.78, 5) is 27.9. The van der Waals surface area contributed by atoms with Crippen LogP contribution >= 0.6 is 0 Å². The molecule has 2 amide bonds. The number of rotatable bonds is 6. The van der Waals surface area contributed by atoms with Crippen LogP contribution in [0.2, 0.25) is 0 Å². The summed E-state index contributed by atoms with van der Waals surface area (Å²) in [6.07, 6.45) is 1.01. The number of hydrogen-bond donors (Lipinski definition) is 1. The second-order valence-corrected chi connectivity index (χ2v) is 8.34. The number of para-hydroxylation sites is 1. The van der Waals surface area contributed by atoms with E-state index in [0.29, 0.717) is 41.6 Å². The van der Waals surface area contributed by atoms with Crippen LogP contribution in [0.1, 0.15) is 52.5 Å². The molecular formula is C27H28N2O3. The van der Waals surface area contributed by atoms with Gasteiger partial charge in [0.2, 0.25) is 0 Å². The summed E-state index contributed by atoms with van der Waals surface area (Å²) in [5.41, 5.74) is 2.80. The fourth-order valence-electron chi connectivity index (χ4n) is 4.04. The van der Waals surface area contributed by atoms with E-state index in [1.165, 1.54) is 5.56 Å². The second-order valence-electron chi connectivity index (χ2n) is 8.34. The van der Waals surface area contributed by atoms with Crippen molar-refractivity contribution in [1.82, 2.24) is 4.90 Å². The molecule has 1 aliphatic rings. The lowest BCUT2D eigenvalue weighted by molar-refractivity contribution is 0.0792. The molecule has 32 heavy (non-hydrogen) atoms. The maximum Gasteiger partial charge on any atom is 0.255 e. The minimum absolute atomic E-state index is 0.0555. The van der Waals surface area contributed by atoms with Crippen LogP contribution in [0.5, 0.6) is 5.75 Å². The maximum atomic E-state index is 13.3. The monoisotopic (exact) mass is 428 g/mol. The van der Waals surface area contributed by atoms with Gasteiger partial charge in [0, 0.05) is 24.6 Å². The lowest BCUT2D eigenvalue weighted by Gasteiger charge is -2.19. The van der Waals surface area contributed by atoms with Crippen LogP contribution in [0.15, 0.2) is 78.9 Å². The van der Waals surface area contributed by atoms with Crippen LogP contribution in [-0.4, -0.2) is 35.9 Å². The molecule has 3 aromatic rings. The van der Waals surface area contributed by atoms with Crippen molar-refractivity contribution < 1.29 is 14.3 Å². The third kappa shape index (κ3) is 4.99. The van der Waals surface area contributed by atoms with Crippen LogP contribution in [0.3, 0.4) is 0 Å². The van der Waals surface area contributed by atoms with Gasteiger partial charge in [0.25, 0.3) is 11.8 Å². The quantitative estimate of drug-likeness (QED) is 0.575. The minimum atomic E-state index is -0.259. The van der Waals surface area contributed by atoms with Crippen LogP contribution in [0.25, 0.3) is 0 Å². The molecule has 0 radical (unpaired) electrons. The molecule has 1 unspecified atom stereocenters. The highest BCUT2D eigenvalue weighted by molar-refractivity contribution is 6.09. The van der Waals surface area contributed by atoms with Gasteiger partial charge in [-0.2, -0.15) is 0 Å². The first-order chi connectivity index (χ1) is 15.5. The van der Waals surface area contributed by atoms with Gasteiger partial charge in [0.05, 0.1) is 17.4 Å². The summed E-state index contributed by atoms with van der Waals surface area (Å²) >= 11 is 0. The molecule has 5 nitrogen and oxygen atoms in total. The van der Waals surface area contributed by atoms with E-state index in [2.05, 4.69) is 17.4 Å². The molecule has 1 heterocycles. The molecule has 1 saturated heterocycles. The summed E-state index contributed by atoms with van der Waals surface area (Å²) in [6, 6.07) is 24.5. The number of benzene rings is 3. The van der Waals surface area contributed by atoms with Gasteiger partial charge >= 0.3 is 0 Å². The van der Waals surface area contributed by atoms with Gasteiger partial charge in [-0.1, -0.05) is 42.5 Å². The fourth-order valence-corrected chi connectivity index (χ4v) is 4.04. The standard InChI is InChI=1S/C27H28N2O3/c1-19(2)32-23-14-12-21(13-15-23)26(30)28-25-11-7-6-10-24(25)27(31)29-17-16-22(18-29)20-8-4-3-5-9-20/h3-15,19,22H,16-18H2,1-2H3,(H,28,30). The normalized spacial score (nSPS) is 15.6. The largest absolute Gasteiger partial charge is 0.491 e. The zero-order chi connectivity index (χ0) is 22.5. The average Bonchev–Trinajstić information content (AvgIpc) is 3.30. The number of likely N-dealkylation sites (tertiary alicyclic amines) is 1. The average molecular weight is 429 g/mol. The maximum absolute atomic E-state index is 13.3. The first-order valence-electron chi connectivity index (χ1n) is 11.0. The van der Waals surface area contributed by atoms with E-state index in [-0.39, 0.29) is 17.9 Å². The van der Waals surface area contributed by atoms with Crippen molar-refractivity contribution in [3.8, 4) is 5.75 Å². The highest BCUT2D eigenvalue weighted by atomic mass is 16.5. The first-order valence-corrected chi connectivity index (χ1v) is 11.0. The Bertz CT molecular complexity index is 1080. The highest BCUT2D eigenvalue weighted by Crippen LogP contribution is 2.29. The Hall–Kier alpha value is -3.60. The number of anilines is 1. The van der Waals surface area contributed by atoms with Crippen molar-refractivity contribution >= 4 is 17.5 Å². The number of carbonyl (C=O) groups is 2. The van der Waals surface area contributed by atoms with Crippen molar-refractivity contribution in [2.24, 2.45) is 0 Å². The molecule has 164 valence electrons. The van der Waals surface area contributed by atoms with Gasteiger partial charge in [0.1, 0.15) is 5.75 Å². The Kier molecular flexibility index (Phi) is 6.55. The zero-order valence-electron chi connectivity index (χ0n) is 18.5. The first kappa shape index (κ1) is 21.6. The Labute approximate surface area is 189 Å². The van der Waals surface area contributed by atoms with Gasteiger partial charge in [0.15, 0.2) is 0 Å². The van der Waals surface area contributed by atoms with E-state index in [4.69, 9.17) is 4.74 Å². The summed E-state index contributed by atoms with van der Waals surface area (Å²) in [5.74, 6) is 0.743. The molecule has 1 N–H and O–H groups in total. The molecule has 0 spiro atoms. The minimum Gasteiger partial charge on any atom is -0.491 e. The molecule has 5 heteroatoms. The molecule has 3 aromatic carbocycles. The number of ether oxygens (including phenoxy) is 1. The van der Waals surface area contributed by atoms with Crippen molar-refractivity contribution in [3.63, 3.8) is 0 Å². The van der Waals surface area contributed by atoms with Gasteiger partial charge < -0.3 is 15.0 Å². The summed E-state index contributed by atoms with van der Waals surface area (Å²) in [5, 5.41) is 2.91. The summed E-state index contributed by atoms with van der Waals surface area (Å²) in [7, 11) is 0. The van der Waals surface area contributed by atoms with E-state index < -0.39 is 0 Å². The molecule has 0 aromatic heterocycles. The van der Waals surface area contributed by atoms with Crippen LogP contribution < -0.4 is 10.1 Å². The Morgan fingerprint density at radius 1 is 0.938 bits per heavy atom. The lowest BCUT2D eigenvalue weighted by Crippen LogP contribution is -2.29. The van der Waals surface area contributed by atoms with Gasteiger partial charge in [-0.3, -0.25) is 9.59 Å². The number of amides is 2. The molecule has 0 bridgehead atoms. The Morgan fingerprint density at radius 3 is 2.34 bits per heavy atom. The van der Waals surface area contributed by atoms with Crippen LogP contribution in [0, 0.1) is 0 Å². The van der Waals surface area contributed by atoms with Gasteiger partial charge in [-0.25, -0.2) is 0 Å². The number of nitrogens with zero attached hydrogens (tertiary/aromatic N) is 1. The van der Waals surface area contributed by atoms with E-state index >= 15 is 0 Å². The van der Waals surface area contributed by atoms with Crippen LogP contribution in [-0.2, 0) is 0 Å². The predicted octanol–water partition coefficient (Wildman–Crippen LogP) is 5.36. The van der Waals surface area contributed by atoms with Crippen molar-refractivity contribution in [2.75, 3.05) is 18.4 Å². The SMILES string of the molecule is CC(C)Oc1ccc(C(=O)Nc2ccccc2C(=O)N2CCC(c3ccccc3)C2)cc1. The zero-order valence-corrected chi connectivity index (χ0v) is 18.5. The highest BCUT2D eigenvalue weighted by Gasteiger charge is 2.29. The molecule has 0 saturated carbocycles. The number of nitrogens with one attached hydrogen (secondary N) is 1. The van der Waals surface area contributed by atoms with Gasteiger partial charge in [-0.15, -0.1) is 0 Å². The van der Waals surface area contributed by atoms with E-state index in [0.717, 1.165) is 6.42 Å². The predicted molar refractivity (Wildman–Crippen MR) is 126 cm³/mol. The number of carbonyl (C=O) groups excluding carboxylic acids is 2. The Morgan fingerprint density at radius 2 is 1.62 bits per heavy atom. The molecule has 1 fully saturated rings. The molecule has 0 aliphatic carbocycles. The fraction of sp³-hybridized carbons (Fsp3) is 0.259. The molecule has 1 atom stereocenters. The lowest BCUT2D eigenvalue weighted by atomic mass is 9.99. The third-order valence-electron chi connectivity index (χ3n) is 5.64. The number of hydrogen-bond acceptors (Lipinski definition) is 3.